The van der Waals surface area contributed by atoms with Crippen LogP contribution in [0.2, 0.25) is 0 Å². The summed E-state index contributed by atoms with van der Waals surface area (Å²) in [6.07, 6.45) is 3.74. The molecule has 0 radical (unpaired) electrons. The van der Waals surface area contributed by atoms with Gasteiger partial charge in [0.1, 0.15) is 5.76 Å². The number of hydrogen-bond donors (Lipinski definition) is 1. The topological polar surface area (TPSA) is 37.5 Å². The van der Waals surface area contributed by atoms with E-state index in [-0.39, 0.29) is 6.04 Å². The van der Waals surface area contributed by atoms with Crippen molar-refractivity contribution >= 4 is 16.9 Å². The van der Waals surface area contributed by atoms with Gasteiger partial charge >= 0.3 is 0 Å². The maximum atomic E-state index is 5.37. The van der Waals surface area contributed by atoms with Crippen molar-refractivity contribution in [3.63, 3.8) is 0 Å². The zero-order valence-corrected chi connectivity index (χ0v) is 13.0. The quantitative estimate of drug-likeness (QED) is 0.905. The van der Waals surface area contributed by atoms with E-state index in [1.165, 1.54) is 5.56 Å². The summed E-state index contributed by atoms with van der Waals surface area (Å²) in [4.78, 5) is 4.79. The first-order valence-corrected chi connectivity index (χ1v) is 8.34. The molecule has 0 aliphatic carbocycles. The molecule has 0 spiro atoms. The lowest BCUT2D eigenvalue weighted by Gasteiger charge is -2.13. The molecule has 2 atom stereocenters. The number of amidine groups is 1. The summed E-state index contributed by atoms with van der Waals surface area (Å²) in [5.41, 5.74) is 1.30. The molecule has 3 nitrogen and oxygen atoms in total. The average Bonchev–Trinajstić information content (AvgIpc) is 3.17. The predicted molar refractivity (Wildman–Crippen MR) is 88.7 cm³/mol. The van der Waals surface area contributed by atoms with Crippen LogP contribution in [0, 0.1) is 0 Å². The van der Waals surface area contributed by atoms with E-state index in [4.69, 9.17) is 9.41 Å². The highest BCUT2D eigenvalue weighted by Gasteiger charge is 2.20. The second kappa shape index (κ2) is 6.85. The molecule has 2 heterocycles. The number of furan rings is 1. The maximum Gasteiger partial charge on any atom is 0.157 e. The van der Waals surface area contributed by atoms with Crippen LogP contribution >= 0.6 is 11.8 Å². The fourth-order valence-corrected chi connectivity index (χ4v) is 3.46. The van der Waals surface area contributed by atoms with Crippen molar-refractivity contribution in [3.8, 4) is 0 Å². The van der Waals surface area contributed by atoms with Gasteiger partial charge in [0.25, 0.3) is 0 Å². The van der Waals surface area contributed by atoms with Crippen molar-refractivity contribution in [2.24, 2.45) is 4.99 Å². The highest BCUT2D eigenvalue weighted by molar-refractivity contribution is 8.14. The van der Waals surface area contributed by atoms with E-state index < -0.39 is 0 Å². The van der Waals surface area contributed by atoms with Gasteiger partial charge in [0.2, 0.25) is 0 Å². The molecule has 110 valence electrons. The molecule has 0 amide bonds. The standard InChI is InChI=1S/C17H20N2OS/c1-13(9-10-15-8-5-11-20-15)18-17-19-16(12-21-17)14-6-3-2-4-7-14/h2-8,11,13,16H,9-10,12H2,1H3,(H,18,19). The van der Waals surface area contributed by atoms with Gasteiger partial charge in [-0.25, -0.2) is 0 Å². The molecule has 1 aromatic carbocycles. The molecule has 3 rings (SSSR count). The van der Waals surface area contributed by atoms with Crippen LogP contribution in [0.4, 0.5) is 0 Å². The fraction of sp³-hybridized carbons (Fsp3) is 0.353. The van der Waals surface area contributed by atoms with Crippen LogP contribution in [0.25, 0.3) is 0 Å². The van der Waals surface area contributed by atoms with Crippen molar-refractivity contribution in [2.75, 3.05) is 5.75 Å². The third-order valence-corrected chi connectivity index (χ3v) is 4.59. The van der Waals surface area contributed by atoms with Crippen molar-refractivity contribution in [2.45, 2.75) is 31.8 Å². The van der Waals surface area contributed by atoms with Crippen LogP contribution < -0.4 is 5.32 Å². The molecule has 4 heteroatoms. The summed E-state index contributed by atoms with van der Waals surface area (Å²) in [6, 6.07) is 15.2. The van der Waals surface area contributed by atoms with E-state index in [9.17, 15) is 0 Å². The predicted octanol–water partition coefficient (Wildman–Crippen LogP) is 4.03. The minimum Gasteiger partial charge on any atom is -0.469 e. The molecule has 0 saturated carbocycles. The Kier molecular flexibility index (Phi) is 4.65. The lowest BCUT2D eigenvalue weighted by Crippen LogP contribution is -2.30. The molecule has 21 heavy (non-hydrogen) atoms. The average molecular weight is 300 g/mol. The second-order valence-corrected chi connectivity index (χ2v) is 6.34. The van der Waals surface area contributed by atoms with Gasteiger partial charge in [-0.05, 0) is 31.0 Å². The van der Waals surface area contributed by atoms with Gasteiger partial charge in [0, 0.05) is 18.2 Å². The van der Waals surface area contributed by atoms with Gasteiger partial charge in [0.15, 0.2) is 5.17 Å². The lowest BCUT2D eigenvalue weighted by molar-refractivity contribution is 0.483. The van der Waals surface area contributed by atoms with Gasteiger partial charge < -0.3 is 9.73 Å². The lowest BCUT2D eigenvalue weighted by atomic mass is 10.1. The first-order chi connectivity index (χ1) is 10.3. The Hall–Kier alpha value is -1.68. The largest absolute Gasteiger partial charge is 0.469 e. The highest BCUT2D eigenvalue weighted by atomic mass is 32.2. The summed E-state index contributed by atoms with van der Waals surface area (Å²) in [6.45, 7) is 2.20. The molecular weight excluding hydrogens is 280 g/mol. The number of hydrogen-bond acceptors (Lipinski definition) is 4. The number of rotatable bonds is 5. The van der Waals surface area contributed by atoms with Crippen LogP contribution in [0.5, 0.6) is 0 Å². The summed E-state index contributed by atoms with van der Waals surface area (Å²) in [5.74, 6) is 2.07. The molecule has 2 unspecified atom stereocenters. The van der Waals surface area contributed by atoms with E-state index in [1.54, 1.807) is 6.26 Å². The minimum atomic E-state index is 0.288. The Morgan fingerprint density at radius 3 is 2.90 bits per heavy atom. The molecule has 1 aromatic heterocycles. The molecular formula is C17H20N2OS. The summed E-state index contributed by atoms with van der Waals surface area (Å²) >= 11 is 1.81. The van der Waals surface area contributed by atoms with Crippen LogP contribution in [0.15, 0.2) is 58.1 Å². The van der Waals surface area contributed by atoms with Crippen LogP contribution in [0.3, 0.4) is 0 Å². The Morgan fingerprint density at radius 2 is 2.14 bits per heavy atom. The molecule has 0 saturated heterocycles. The third kappa shape index (κ3) is 3.91. The Balaban J connectivity index is 1.51. The number of nitrogens with one attached hydrogen (secondary N) is 1. The summed E-state index contributed by atoms with van der Waals surface area (Å²) in [7, 11) is 0. The van der Waals surface area contributed by atoms with Gasteiger partial charge in [-0.1, -0.05) is 42.1 Å². The number of nitrogens with zero attached hydrogens (tertiary/aromatic N) is 1. The van der Waals surface area contributed by atoms with Crippen LogP contribution in [-0.2, 0) is 6.42 Å². The van der Waals surface area contributed by atoms with Crippen LogP contribution in [-0.4, -0.2) is 17.0 Å². The van der Waals surface area contributed by atoms with Crippen molar-refractivity contribution in [1.82, 2.24) is 5.32 Å². The van der Waals surface area contributed by atoms with Crippen molar-refractivity contribution in [1.29, 1.82) is 0 Å². The van der Waals surface area contributed by atoms with Gasteiger partial charge in [-0.3, -0.25) is 4.99 Å². The monoisotopic (exact) mass is 300 g/mol. The van der Waals surface area contributed by atoms with Gasteiger partial charge in [-0.15, -0.1) is 0 Å². The Morgan fingerprint density at radius 1 is 1.29 bits per heavy atom. The fourth-order valence-electron chi connectivity index (χ4n) is 2.40. The van der Waals surface area contributed by atoms with Crippen molar-refractivity contribution < 1.29 is 4.42 Å². The molecule has 0 bridgehead atoms. The van der Waals surface area contributed by atoms with E-state index in [0.29, 0.717) is 6.04 Å². The number of aryl methyl sites for hydroxylation is 1. The highest BCUT2D eigenvalue weighted by Crippen LogP contribution is 2.29. The molecule has 2 aromatic rings. The van der Waals surface area contributed by atoms with E-state index >= 15 is 0 Å². The zero-order chi connectivity index (χ0) is 14.5. The van der Waals surface area contributed by atoms with Gasteiger partial charge in [-0.2, -0.15) is 0 Å². The van der Waals surface area contributed by atoms with Crippen LogP contribution in [0.1, 0.15) is 30.7 Å². The van der Waals surface area contributed by atoms with Crippen molar-refractivity contribution in [3.05, 3.63) is 60.1 Å². The SMILES string of the molecule is CC(CCc1ccco1)NC1=NC(c2ccccc2)CS1. The zero-order valence-electron chi connectivity index (χ0n) is 12.2. The maximum absolute atomic E-state index is 5.37. The third-order valence-electron chi connectivity index (χ3n) is 3.61. The van der Waals surface area contributed by atoms with E-state index in [2.05, 4.69) is 36.5 Å². The smallest absolute Gasteiger partial charge is 0.157 e. The Labute approximate surface area is 129 Å². The second-order valence-electron chi connectivity index (χ2n) is 5.34. The summed E-state index contributed by atoms with van der Waals surface area (Å²) in [5, 5.41) is 4.58. The molecule has 0 fully saturated rings. The molecule has 1 aliphatic heterocycles. The van der Waals surface area contributed by atoms with E-state index in [0.717, 1.165) is 29.5 Å². The number of thioether (sulfide) groups is 1. The first-order valence-electron chi connectivity index (χ1n) is 7.36. The number of benzene rings is 1. The first kappa shape index (κ1) is 14.3. The van der Waals surface area contributed by atoms with E-state index in [1.807, 2.05) is 30.0 Å². The van der Waals surface area contributed by atoms with Gasteiger partial charge in [0.05, 0.1) is 12.3 Å². The summed E-state index contributed by atoms with van der Waals surface area (Å²) < 4.78 is 5.37. The molecule has 1 aliphatic rings. The Bertz CT molecular complexity index is 580. The number of aliphatic imine (C=N–C) groups is 1. The normalized spacial score (nSPS) is 19.3. The molecule has 1 N–H and O–H groups in total. The minimum absolute atomic E-state index is 0.288.